The molecule has 1 amide bonds. The van der Waals surface area contributed by atoms with Gasteiger partial charge in [-0.15, -0.1) is 0 Å². The molecule has 3 N–H and O–H groups in total. The van der Waals surface area contributed by atoms with E-state index in [-0.39, 0.29) is 18.5 Å². The quantitative estimate of drug-likeness (QED) is 0.0320. The number of hydrogen-bond donors (Lipinski definition) is 3. The molecule has 0 rings (SSSR count). The van der Waals surface area contributed by atoms with Gasteiger partial charge < -0.3 is 20.3 Å². The first-order valence-electron chi connectivity index (χ1n) is 36.7. The van der Waals surface area contributed by atoms with Crippen LogP contribution in [0.2, 0.25) is 0 Å². The Morgan fingerprint density at radius 1 is 0.346 bits per heavy atom. The van der Waals surface area contributed by atoms with Crippen LogP contribution in [0, 0.1) is 0 Å². The van der Waals surface area contributed by atoms with E-state index in [9.17, 15) is 19.8 Å². The largest absolute Gasteiger partial charge is 0.466 e. The Morgan fingerprint density at radius 3 is 0.988 bits per heavy atom. The second-order valence-corrected chi connectivity index (χ2v) is 25.3. The van der Waals surface area contributed by atoms with Crippen LogP contribution in [0.3, 0.4) is 0 Å². The maximum absolute atomic E-state index is 12.6. The van der Waals surface area contributed by atoms with Crippen molar-refractivity contribution in [3.63, 3.8) is 0 Å². The zero-order chi connectivity index (χ0) is 58.5. The van der Waals surface area contributed by atoms with Gasteiger partial charge in [0.25, 0.3) is 0 Å². The summed E-state index contributed by atoms with van der Waals surface area (Å²) in [5.74, 6) is -0.0340. The number of carbonyl (C=O) groups excluding carboxylic acids is 2. The molecule has 0 aliphatic heterocycles. The lowest BCUT2D eigenvalue weighted by atomic mass is 10.0. The van der Waals surface area contributed by atoms with E-state index in [4.69, 9.17) is 4.74 Å². The number of esters is 1. The van der Waals surface area contributed by atoms with E-state index in [0.717, 1.165) is 51.4 Å². The maximum atomic E-state index is 12.6. The number of amides is 1. The van der Waals surface area contributed by atoms with E-state index in [1.54, 1.807) is 0 Å². The van der Waals surface area contributed by atoms with Crippen LogP contribution in [-0.2, 0) is 14.3 Å². The minimum atomic E-state index is -0.668. The molecule has 6 nitrogen and oxygen atoms in total. The summed E-state index contributed by atoms with van der Waals surface area (Å²) in [5, 5.41) is 23.5. The average molecular weight is 1140 g/mol. The molecule has 0 heterocycles. The summed E-state index contributed by atoms with van der Waals surface area (Å²) in [5.41, 5.74) is 0. The topological polar surface area (TPSA) is 95.9 Å². The Bertz CT molecular complexity index is 1310. The summed E-state index contributed by atoms with van der Waals surface area (Å²) < 4.78 is 5.48. The van der Waals surface area contributed by atoms with E-state index in [1.165, 1.54) is 321 Å². The third-order valence-electron chi connectivity index (χ3n) is 17.2. The molecule has 0 spiro atoms. The van der Waals surface area contributed by atoms with Gasteiger partial charge in [-0.05, 0) is 77.0 Å². The standard InChI is InChI=1S/C75H143NO5/c1-3-5-7-9-11-13-15-17-19-20-21-22-23-25-28-31-34-37-40-43-47-51-55-59-63-67-73(78)72(71-77)76-74(79)68-64-60-56-52-48-44-41-38-35-32-29-26-24-27-30-33-36-39-42-46-50-54-58-62-66-70-81-75(80)69-65-61-57-53-49-45-18-16-14-12-10-8-6-4-2/h10,12,16,18,26,29,72-73,77-78H,3-9,11,13-15,17,19-25,27-28,30-71H2,1-2H3,(H,76,79)/b12-10-,18-16-,29-26-. The molecule has 0 radical (unpaired) electrons. The number of unbranched alkanes of at least 4 members (excludes halogenated alkanes) is 52. The Labute approximate surface area is 506 Å². The lowest BCUT2D eigenvalue weighted by Gasteiger charge is -2.22. The molecule has 0 aromatic rings. The monoisotopic (exact) mass is 1140 g/mol. The van der Waals surface area contributed by atoms with Crippen molar-refractivity contribution in [2.24, 2.45) is 0 Å². The van der Waals surface area contributed by atoms with Crippen LogP contribution in [0.5, 0.6) is 0 Å². The van der Waals surface area contributed by atoms with Crippen LogP contribution < -0.4 is 5.32 Å². The number of ether oxygens (including phenoxy) is 1. The molecular formula is C75H143NO5. The Kier molecular flexibility index (Phi) is 68.9. The van der Waals surface area contributed by atoms with Crippen molar-refractivity contribution in [3.8, 4) is 0 Å². The first-order chi connectivity index (χ1) is 40.0. The number of aliphatic hydroxyl groups is 2. The number of nitrogens with one attached hydrogen (secondary N) is 1. The van der Waals surface area contributed by atoms with E-state index in [1.807, 2.05) is 0 Å². The highest BCUT2D eigenvalue weighted by Crippen LogP contribution is 2.19. The highest BCUT2D eigenvalue weighted by molar-refractivity contribution is 5.76. The fourth-order valence-corrected chi connectivity index (χ4v) is 11.5. The smallest absolute Gasteiger partial charge is 0.305 e. The van der Waals surface area contributed by atoms with Crippen LogP contribution in [0.15, 0.2) is 36.5 Å². The molecule has 0 aromatic carbocycles. The van der Waals surface area contributed by atoms with Gasteiger partial charge in [-0.1, -0.05) is 352 Å². The first kappa shape index (κ1) is 79.1. The molecule has 0 bridgehead atoms. The Morgan fingerprint density at radius 2 is 0.630 bits per heavy atom. The van der Waals surface area contributed by atoms with Crippen LogP contribution in [0.25, 0.3) is 0 Å². The summed E-state index contributed by atoms with van der Waals surface area (Å²) in [6, 6.07) is -0.546. The zero-order valence-electron chi connectivity index (χ0n) is 54.8. The van der Waals surface area contributed by atoms with Gasteiger partial charge in [0.05, 0.1) is 25.4 Å². The molecule has 0 aliphatic carbocycles. The van der Waals surface area contributed by atoms with E-state index >= 15 is 0 Å². The number of rotatable bonds is 69. The molecule has 478 valence electrons. The Balaban J connectivity index is 3.40. The van der Waals surface area contributed by atoms with Gasteiger partial charge >= 0.3 is 5.97 Å². The van der Waals surface area contributed by atoms with Crippen molar-refractivity contribution in [1.82, 2.24) is 5.32 Å². The molecule has 0 aliphatic rings. The van der Waals surface area contributed by atoms with Gasteiger partial charge in [-0.2, -0.15) is 0 Å². The van der Waals surface area contributed by atoms with Crippen LogP contribution >= 0.6 is 0 Å². The van der Waals surface area contributed by atoms with Crippen molar-refractivity contribution in [2.75, 3.05) is 13.2 Å². The number of hydrogen-bond acceptors (Lipinski definition) is 5. The Hall–Kier alpha value is -1.92. The summed E-state index contributed by atoms with van der Waals surface area (Å²) in [6.07, 6.45) is 90.6. The predicted octanol–water partition coefficient (Wildman–Crippen LogP) is 23.9. The van der Waals surface area contributed by atoms with Crippen molar-refractivity contribution in [3.05, 3.63) is 36.5 Å². The van der Waals surface area contributed by atoms with Crippen molar-refractivity contribution in [1.29, 1.82) is 0 Å². The highest BCUT2D eigenvalue weighted by Gasteiger charge is 2.20. The van der Waals surface area contributed by atoms with Gasteiger partial charge in [0.15, 0.2) is 0 Å². The molecular weight excluding hydrogens is 995 g/mol. The van der Waals surface area contributed by atoms with Gasteiger partial charge in [0, 0.05) is 12.8 Å². The zero-order valence-corrected chi connectivity index (χ0v) is 54.8. The van der Waals surface area contributed by atoms with Crippen LogP contribution in [-0.4, -0.2) is 47.4 Å². The third kappa shape index (κ3) is 67.1. The molecule has 0 saturated heterocycles. The summed E-state index contributed by atoms with van der Waals surface area (Å²) >= 11 is 0. The van der Waals surface area contributed by atoms with Crippen molar-refractivity contribution >= 4 is 11.9 Å². The number of carbonyl (C=O) groups is 2. The summed E-state index contributed by atoms with van der Waals surface area (Å²) in [7, 11) is 0. The summed E-state index contributed by atoms with van der Waals surface area (Å²) in [6.45, 7) is 4.94. The second kappa shape index (κ2) is 70.6. The molecule has 81 heavy (non-hydrogen) atoms. The van der Waals surface area contributed by atoms with Crippen LogP contribution in [0.4, 0.5) is 0 Å². The van der Waals surface area contributed by atoms with E-state index < -0.39 is 12.1 Å². The minimum Gasteiger partial charge on any atom is -0.466 e. The molecule has 6 heteroatoms. The molecule has 0 saturated carbocycles. The fraction of sp³-hybridized carbons (Fsp3) is 0.893. The van der Waals surface area contributed by atoms with E-state index in [2.05, 4.69) is 55.6 Å². The van der Waals surface area contributed by atoms with Crippen molar-refractivity contribution in [2.45, 2.75) is 418 Å². The summed E-state index contributed by atoms with van der Waals surface area (Å²) in [4.78, 5) is 24.6. The number of aliphatic hydroxyl groups excluding tert-OH is 2. The van der Waals surface area contributed by atoms with Gasteiger partial charge in [-0.3, -0.25) is 9.59 Å². The first-order valence-corrected chi connectivity index (χ1v) is 36.7. The molecule has 0 fully saturated rings. The molecule has 2 unspecified atom stereocenters. The fourth-order valence-electron chi connectivity index (χ4n) is 11.5. The average Bonchev–Trinajstić information content (AvgIpc) is 3.47. The lowest BCUT2D eigenvalue weighted by molar-refractivity contribution is -0.143. The minimum absolute atomic E-state index is 0.000514. The van der Waals surface area contributed by atoms with Gasteiger partial charge in [0.2, 0.25) is 5.91 Å². The van der Waals surface area contributed by atoms with Crippen molar-refractivity contribution < 1.29 is 24.5 Å². The highest BCUT2D eigenvalue weighted by atomic mass is 16.5. The predicted molar refractivity (Wildman–Crippen MR) is 356 cm³/mol. The number of allylic oxidation sites excluding steroid dienone is 6. The van der Waals surface area contributed by atoms with Gasteiger partial charge in [-0.25, -0.2) is 0 Å². The normalized spacial score (nSPS) is 12.7. The molecule has 2 atom stereocenters. The third-order valence-corrected chi connectivity index (χ3v) is 17.2. The van der Waals surface area contributed by atoms with E-state index in [0.29, 0.717) is 25.9 Å². The maximum Gasteiger partial charge on any atom is 0.305 e. The van der Waals surface area contributed by atoms with Crippen LogP contribution in [0.1, 0.15) is 406 Å². The van der Waals surface area contributed by atoms with Gasteiger partial charge in [0.1, 0.15) is 0 Å². The molecule has 0 aromatic heterocycles. The second-order valence-electron chi connectivity index (χ2n) is 25.3. The lowest BCUT2D eigenvalue weighted by Crippen LogP contribution is -2.45. The SMILES string of the molecule is CCCC/C=C\C/C=C\CCCCCCCC(=O)OCCCCCCCCCCCCCC/C=C\CCCCCCCCCCCC(=O)NC(CO)C(O)CCCCCCCCCCCCCCCCCCCCCCCCCCC.